The first-order chi connectivity index (χ1) is 8.62. The smallest absolute Gasteiger partial charge is 0.323 e. The van der Waals surface area contributed by atoms with E-state index in [2.05, 4.69) is 5.10 Å². The third-order valence-corrected chi connectivity index (χ3v) is 2.72. The second-order valence-corrected chi connectivity index (χ2v) is 5.41. The molecule has 7 heteroatoms. The van der Waals surface area contributed by atoms with Gasteiger partial charge in [-0.2, -0.15) is 5.10 Å². The van der Waals surface area contributed by atoms with Gasteiger partial charge >= 0.3 is 5.97 Å². The van der Waals surface area contributed by atoms with Crippen LogP contribution in [0.4, 0.5) is 0 Å². The van der Waals surface area contributed by atoms with Crippen molar-refractivity contribution in [2.75, 3.05) is 6.54 Å². The van der Waals surface area contributed by atoms with Crippen LogP contribution in [0.5, 0.6) is 0 Å². The van der Waals surface area contributed by atoms with Gasteiger partial charge in [0.05, 0.1) is 6.20 Å². The summed E-state index contributed by atoms with van der Waals surface area (Å²) in [5.74, 6) is -1.50. The van der Waals surface area contributed by atoms with Crippen LogP contribution in [0.25, 0.3) is 0 Å². The van der Waals surface area contributed by atoms with Crippen LogP contribution in [-0.2, 0) is 16.6 Å². The van der Waals surface area contributed by atoms with Crippen LogP contribution in [0.2, 0.25) is 0 Å². The lowest BCUT2D eigenvalue weighted by molar-refractivity contribution is -0.149. The van der Waals surface area contributed by atoms with E-state index in [1.807, 2.05) is 0 Å². The second kappa shape index (κ2) is 5.40. The molecule has 0 bridgehead atoms. The fraction of sp³-hybridized carbons (Fsp3) is 0.583. The van der Waals surface area contributed by atoms with E-state index in [-0.39, 0.29) is 6.54 Å². The number of rotatable bonds is 4. The van der Waals surface area contributed by atoms with E-state index in [4.69, 9.17) is 10.8 Å². The highest BCUT2D eigenvalue weighted by Gasteiger charge is 2.32. The molecule has 3 N–H and O–H groups in total. The van der Waals surface area contributed by atoms with Gasteiger partial charge in [0.1, 0.15) is 12.6 Å². The third kappa shape index (κ3) is 3.78. The van der Waals surface area contributed by atoms with E-state index in [0.717, 1.165) is 0 Å². The van der Waals surface area contributed by atoms with Gasteiger partial charge in [-0.05, 0) is 20.8 Å². The summed E-state index contributed by atoms with van der Waals surface area (Å²) in [4.78, 5) is 24.5. The van der Waals surface area contributed by atoms with Crippen molar-refractivity contribution in [3.63, 3.8) is 0 Å². The number of hydrogen-bond donors (Lipinski definition) is 2. The van der Waals surface area contributed by atoms with Gasteiger partial charge in [-0.1, -0.05) is 0 Å². The first-order valence-electron chi connectivity index (χ1n) is 5.90. The summed E-state index contributed by atoms with van der Waals surface area (Å²) in [6, 6.07) is -0.910. The van der Waals surface area contributed by atoms with Gasteiger partial charge in [0.25, 0.3) is 0 Å². The average molecular weight is 268 g/mol. The lowest BCUT2D eigenvalue weighted by atomic mass is 10.0. The number of nitrogens with zero attached hydrogens (tertiary/aromatic N) is 3. The highest BCUT2D eigenvalue weighted by molar-refractivity contribution is 5.86. The molecule has 1 rings (SSSR count). The topological polar surface area (TPSA) is 101 Å². The Labute approximate surface area is 112 Å². The van der Waals surface area contributed by atoms with Crippen molar-refractivity contribution in [3.8, 4) is 0 Å². The molecule has 0 aliphatic rings. The van der Waals surface area contributed by atoms with Crippen molar-refractivity contribution < 1.29 is 14.7 Å². The SMILES string of the molecule is Cn1cc(C(N)C(=O)N(CC(=O)O)C(C)(C)C)cn1. The zero-order chi connectivity index (χ0) is 14.8. The number of nitrogens with two attached hydrogens (primary N) is 1. The summed E-state index contributed by atoms with van der Waals surface area (Å²) in [6.45, 7) is 4.92. The number of aryl methyl sites for hydroxylation is 1. The molecule has 106 valence electrons. The normalized spacial score (nSPS) is 13.1. The van der Waals surface area contributed by atoms with Crippen molar-refractivity contribution in [1.29, 1.82) is 0 Å². The van der Waals surface area contributed by atoms with E-state index in [0.29, 0.717) is 5.56 Å². The minimum Gasteiger partial charge on any atom is -0.480 e. The van der Waals surface area contributed by atoms with Crippen LogP contribution in [0.1, 0.15) is 32.4 Å². The number of carboxylic acids is 1. The molecule has 1 heterocycles. The van der Waals surface area contributed by atoms with Crippen molar-refractivity contribution in [1.82, 2.24) is 14.7 Å². The Morgan fingerprint density at radius 3 is 2.47 bits per heavy atom. The molecule has 0 aliphatic heterocycles. The van der Waals surface area contributed by atoms with Gasteiger partial charge in [-0.25, -0.2) is 0 Å². The molecule has 0 saturated carbocycles. The predicted octanol–water partition coefficient (Wildman–Crippen LogP) is 0.132. The van der Waals surface area contributed by atoms with E-state index >= 15 is 0 Å². The van der Waals surface area contributed by atoms with Crippen LogP contribution in [0.3, 0.4) is 0 Å². The summed E-state index contributed by atoms with van der Waals surface area (Å²) in [6.07, 6.45) is 3.15. The van der Waals surface area contributed by atoms with Crippen LogP contribution < -0.4 is 5.73 Å². The number of aliphatic carboxylic acids is 1. The number of amides is 1. The van der Waals surface area contributed by atoms with E-state index in [1.165, 1.54) is 11.1 Å². The van der Waals surface area contributed by atoms with Crippen molar-refractivity contribution in [3.05, 3.63) is 18.0 Å². The van der Waals surface area contributed by atoms with Gasteiger partial charge in [0.15, 0.2) is 0 Å². The summed E-state index contributed by atoms with van der Waals surface area (Å²) < 4.78 is 1.54. The zero-order valence-electron chi connectivity index (χ0n) is 11.6. The minimum atomic E-state index is -1.07. The predicted molar refractivity (Wildman–Crippen MR) is 69.2 cm³/mol. The second-order valence-electron chi connectivity index (χ2n) is 5.41. The first kappa shape index (κ1) is 15.2. The Kier molecular flexibility index (Phi) is 4.31. The molecule has 1 unspecified atom stereocenters. The van der Waals surface area contributed by atoms with Crippen LogP contribution >= 0.6 is 0 Å². The number of aromatic nitrogens is 2. The number of carbonyl (C=O) groups is 2. The molecule has 1 amide bonds. The molecular formula is C12H20N4O3. The van der Waals surface area contributed by atoms with Crippen molar-refractivity contribution in [2.24, 2.45) is 12.8 Å². The molecule has 0 saturated heterocycles. The highest BCUT2D eigenvalue weighted by atomic mass is 16.4. The van der Waals surface area contributed by atoms with Gasteiger partial charge in [-0.15, -0.1) is 0 Å². The number of hydrogen-bond acceptors (Lipinski definition) is 4. The van der Waals surface area contributed by atoms with Gasteiger partial charge in [-0.3, -0.25) is 14.3 Å². The summed E-state index contributed by atoms with van der Waals surface area (Å²) >= 11 is 0. The minimum absolute atomic E-state index is 0.379. The lowest BCUT2D eigenvalue weighted by Gasteiger charge is -2.35. The molecule has 0 aliphatic carbocycles. The highest BCUT2D eigenvalue weighted by Crippen LogP contribution is 2.19. The molecule has 1 aromatic heterocycles. The lowest BCUT2D eigenvalue weighted by Crippen LogP contribution is -2.51. The number of carbonyl (C=O) groups excluding carboxylic acids is 1. The zero-order valence-corrected chi connectivity index (χ0v) is 11.6. The van der Waals surface area contributed by atoms with Gasteiger partial charge < -0.3 is 15.7 Å². The van der Waals surface area contributed by atoms with Crippen LogP contribution in [0.15, 0.2) is 12.4 Å². The van der Waals surface area contributed by atoms with Crippen LogP contribution in [-0.4, -0.2) is 43.7 Å². The van der Waals surface area contributed by atoms with E-state index in [9.17, 15) is 9.59 Å². The largest absolute Gasteiger partial charge is 0.480 e. The molecule has 19 heavy (non-hydrogen) atoms. The van der Waals surface area contributed by atoms with Gasteiger partial charge in [0.2, 0.25) is 5.91 Å². The molecule has 0 radical (unpaired) electrons. The Morgan fingerprint density at radius 1 is 1.53 bits per heavy atom. The van der Waals surface area contributed by atoms with Gasteiger partial charge in [0, 0.05) is 24.3 Å². The van der Waals surface area contributed by atoms with Crippen LogP contribution in [0, 0.1) is 0 Å². The Bertz CT molecular complexity index is 476. The van der Waals surface area contributed by atoms with Crippen molar-refractivity contribution >= 4 is 11.9 Å². The molecule has 1 atom stereocenters. The van der Waals surface area contributed by atoms with E-state index < -0.39 is 23.5 Å². The third-order valence-electron chi connectivity index (χ3n) is 2.72. The monoisotopic (exact) mass is 268 g/mol. The molecule has 1 aromatic rings. The molecule has 0 aromatic carbocycles. The maximum atomic E-state index is 12.3. The number of carboxylic acid groups (broad SMARTS) is 1. The van der Waals surface area contributed by atoms with E-state index in [1.54, 1.807) is 38.7 Å². The summed E-state index contributed by atoms with van der Waals surface area (Å²) in [5.41, 5.74) is 5.83. The molecule has 0 spiro atoms. The Morgan fingerprint density at radius 2 is 2.11 bits per heavy atom. The standard InChI is InChI=1S/C12H20N4O3/c1-12(2,3)16(7-9(17)18)11(19)10(13)8-5-14-15(4)6-8/h5-6,10H,7,13H2,1-4H3,(H,17,18). The Balaban J connectivity index is 2.96. The van der Waals surface area contributed by atoms with Crippen molar-refractivity contribution in [2.45, 2.75) is 32.4 Å². The summed E-state index contributed by atoms with van der Waals surface area (Å²) in [5, 5.41) is 12.9. The molecule has 0 fully saturated rings. The average Bonchev–Trinajstić information content (AvgIpc) is 2.69. The fourth-order valence-electron chi connectivity index (χ4n) is 1.69. The maximum Gasteiger partial charge on any atom is 0.323 e. The fourth-order valence-corrected chi connectivity index (χ4v) is 1.69. The molecule has 7 nitrogen and oxygen atoms in total. The quantitative estimate of drug-likeness (QED) is 0.808. The first-order valence-corrected chi connectivity index (χ1v) is 5.90. The summed E-state index contributed by atoms with van der Waals surface area (Å²) in [7, 11) is 1.72. The Hall–Kier alpha value is -1.89. The molecular weight excluding hydrogens is 248 g/mol. The maximum absolute atomic E-state index is 12.3.